The first-order chi connectivity index (χ1) is 8.23. The second-order valence-corrected chi connectivity index (χ2v) is 3.65. The zero-order valence-corrected chi connectivity index (χ0v) is 8.94. The maximum atomic E-state index is 10.7. The van der Waals surface area contributed by atoms with Gasteiger partial charge >= 0.3 is 12.1 Å². The quantitative estimate of drug-likeness (QED) is 0.728. The summed E-state index contributed by atoms with van der Waals surface area (Å²) in [5, 5.41) is 7.12. The van der Waals surface area contributed by atoms with Crippen molar-refractivity contribution < 1.29 is 27.9 Å². The van der Waals surface area contributed by atoms with E-state index < -0.39 is 12.1 Å². The molecule has 6 nitrogen and oxygen atoms in total. The average Bonchev–Trinajstić information content (AvgIpc) is 2.86. The summed E-state index contributed by atoms with van der Waals surface area (Å²) in [6.45, 7) is 0. The number of imidazole rings is 1. The van der Waals surface area contributed by atoms with E-state index >= 15 is 0 Å². The summed E-state index contributed by atoms with van der Waals surface area (Å²) >= 11 is 0. The summed E-state index contributed by atoms with van der Waals surface area (Å²) in [6.07, 6.45) is -0.792. The lowest BCUT2D eigenvalue weighted by Gasteiger charge is -1.93. The number of hydrogen-bond donors (Lipinski definition) is 3. The molecular formula is C9H10F3N3O3. The molecule has 4 N–H and O–H groups in total. The van der Waals surface area contributed by atoms with E-state index in [9.17, 15) is 18.0 Å². The van der Waals surface area contributed by atoms with Gasteiger partial charge in [0, 0.05) is 18.0 Å². The molecule has 9 heteroatoms. The number of amides is 1. The Kier molecular flexibility index (Phi) is 3.94. The normalized spacial score (nSPS) is 21.7. The molecule has 0 aromatic carbocycles. The Balaban J connectivity index is 0.000000203. The minimum absolute atomic E-state index is 0.0262. The molecule has 18 heavy (non-hydrogen) atoms. The maximum Gasteiger partial charge on any atom is 0.490 e. The van der Waals surface area contributed by atoms with Gasteiger partial charge in [0.05, 0.1) is 12.0 Å². The van der Waals surface area contributed by atoms with Gasteiger partial charge in [-0.05, 0) is 6.42 Å². The van der Waals surface area contributed by atoms with Gasteiger partial charge in [-0.3, -0.25) is 4.79 Å². The number of nitrogens with zero attached hydrogens (tertiary/aromatic N) is 1. The lowest BCUT2D eigenvalue weighted by atomic mass is 10.2. The molecule has 0 saturated heterocycles. The summed E-state index contributed by atoms with van der Waals surface area (Å²) in [5.74, 6) is -2.66. The van der Waals surface area contributed by atoms with Gasteiger partial charge < -0.3 is 15.8 Å². The number of carboxylic acid groups (broad SMARTS) is 1. The van der Waals surface area contributed by atoms with Crippen LogP contribution in [0.15, 0.2) is 12.5 Å². The minimum atomic E-state index is -5.08. The van der Waals surface area contributed by atoms with Crippen LogP contribution in [0, 0.1) is 5.92 Å². The summed E-state index contributed by atoms with van der Waals surface area (Å²) in [6, 6.07) is 0. The number of nitrogens with one attached hydrogen (secondary N) is 1. The third kappa shape index (κ3) is 3.75. The number of carbonyl (C=O) groups is 2. The van der Waals surface area contributed by atoms with E-state index in [-0.39, 0.29) is 17.7 Å². The van der Waals surface area contributed by atoms with E-state index in [1.807, 2.05) is 6.20 Å². The minimum Gasteiger partial charge on any atom is -0.475 e. The molecule has 1 aliphatic rings. The molecule has 0 spiro atoms. The molecule has 1 fully saturated rings. The number of primary amides is 1. The Morgan fingerprint density at radius 1 is 1.50 bits per heavy atom. The molecule has 0 unspecified atom stereocenters. The summed E-state index contributed by atoms with van der Waals surface area (Å²) in [5.41, 5.74) is 6.07. The van der Waals surface area contributed by atoms with E-state index in [0.717, 1.165) is 12.1 Å². The molecule has 0 aliphatic heterocycles. The molecule has 2 rings (SSSR count). The first kappa shape index (κ1) is 14.0. The molecule has 2 atom stereocenters. The van der Waals surface area contributed by atoms with E-state index in [1.54, 1.807) is 6.33 Å². The Morgan fingerprint density at radius 2 is 2.06 bits per heavy atom. The van der Waals surface area contributed by atoms with Crippen molar-refractivity contribution in [2.45, 2.75) is 18.5 Å². The van der Waals surface area contributed by atoms with Crippen molar-refractivity contribution in [3.05, 3.63) is 18.2 Å². The predicted octanol–water partition coefficient (Wildman–Crippen LogP) is 0.632. The molecule has 100 valence electrons. The number of H-pyrrole nitrogens is 1. The van der Waals surface area contributed by atoms with Gasteiger partial charge in [-0.25, -0.2) is 9.78 Å². The molecular weight excluding hydrogens is 255 g/mol. The second-order valence-electron chi connectivity index (χ2n) is 3.65. The van der Waals surface area contributed by atoms with Crippen molar-refractivity contribution in [2.75, 3.05) is 0 Å². The highest BCUT2D eigenvalue weighted by Crippen LogP contribution is 2.45. The van der Waals surface area contributed by atoms with Crippen LogP contribution in [0.25, 0.3) is 0 Å². The third-order valence-corrected chi connectivity index (χ3v) is 2.30. The second kappa shape index (κ2) is 5.07. The number of carbonyl (C=O) groups excluding carboxylic acids is 1. The molecule has 0 radical (unpaired) electrons. The van der Waals surface area contributed by atoms with Crippen LogP contribution in [0.2, 0.25) is 0 Å². The van der Waals surface area contributed by atoms with Gasteiger partial charge in [-0.2, -0.15) is 13.2 Å². The van der Waals surface area contributed by atoms with E-state index in [1.165, 1.54) is 0 Å². The van der Waals surface area contributed by atoms with Crippen molar-refractivity contribution in [2.24, 2.45) is 11.7 Å². The van der Waals surface area contributed by atoms with Gasteiger partial charge in [0.2, 0.25) is 5.91 Å². The number of rotatable bonds is 2. The monoisotopic (exact) mass is 265 g/mol. The van der Waals surface area contributed by atoms with E-state index in [2.05, 4.69) is 9.97 Å². The molecule has 1 aromatic heterocycles. The van der Waals surface area contributed by atoms with Crippen molar-refractivity contribution in [3.8, 4) is 0 Å². The van der Waals surface area contributed by atoms with Gasteiger partial charge in [0.25, 0.3) is 0 Å². The van der Waals surface area contributed by atoms with Crippen molar-refractivity contribution in [1.29, 1.82) is 0 Å². The lowest BCUT2D eigenvalue weighted by molar-refractivity contribution is -0.192. The maximum absolute atomic E-state index is 10.7. The van der Waals surface area contributed by atoms with E-state index in [0.29, 0.717) is 0 Å². The number of alkyl halides is 3. The predicted molar refractivity (Wildman–Crippen MR) is 52.3 cm³/mol. The summed E-state index contributed by atoms with van der Waals surface area (Å²) in [4.78, 5) is 26.4. The molecule has 1 aromatic rings. The van der Waals surface area contributed by atoms with Crippen LogP contribution in [-0.4, -0.2) is 33.1 Å². The number of aromatic nitrogens is 2. The topological polar surface area (TPSA) is 109 Å². The molecule has 1 saturated carbocycles. The number of nitrogens with two attached hydrogens (primary N) is 1. The van der Waals surface area contributed by atoms with Crippen LogP contribution in [0.4, 0.5) is 13.2 Å². The van der Waals surface area contributed by atoms with Crippen LogP contribution >= 0.6 is 0 Å². The fourth-order valence-electron chi connectivity index (χ4n) is 1.31. The van der Waals surface area contributed by atoms with E-state index in [4.69, 9.17) is 15.6 Å². The number of aromatic amines is 1. The lowest BCUT2D eigenvalue weighted by Crippen LogP contribution is -2.21. The third-order valence-electron chi connectivity index (χ3n) is 2.30. The van der Waals surface area contributed by atoms with Crippen LogP contribution in [-0.2, 0) is 9.59 Å². The van der Waals surface area contributed by atoms with Gasteiger partial charge in [0.1, 0.15) is 0 Å². The molecule has 0 bridgehead atoms. The Bertz CT molecular complexity index is 430. The van der Waals surface area contributed by atoms with Gasteiger partial charge in [-0.1, -0.05) is 0 Å². The fourth-order valence-corrected chi connectivity index (χ4v) is 1.31. The number of aliphatic carboxylic acids is 1. The number of carboxylic acids is 1. The van der Waals surface area contributed by atoms with Crippen molar-refractivity contribution >= 4 is 11.9 Å². The average molecular weight is 265 g/mol. The molecule has 1 amide bonds. The zero-order chi connectivity index (χ0) is 13.9. The molecule has 1 aliphatic carbocycles. The SMILES string of the molecule is NC(=O)[C@@H]1C[C@H]1c1c[nH]cn1.O=C(O)C(F)(F)F. The largest absolute Gasteiger partial charge is 0.490 e. The Hall–Kier alpha value is -2.06. The first-order valence-corrected chi connectivity index (χ1v) is 4.81. The highest BCUT2D eigenvalue weighted by atomic mass is 19.4. The fraction of sp³-hybridized carbons (Fsp3) is 0.444. The first-order valence-electron chi connectivity index (χ1n) is 4.81. The highest BCUT2D eigenvalue weighted by molar-refractivity contribution is 5.80. The Morgan fingerprint density at radius 3 is 2.33 bits per heavy atom. The van der Waals surface area contributed by atoms with Crippen LogP contribution < -0.4 is 5.73 Å². The Labute approximate surface area is 99.0 Å². The van der Waals surface area contributed by atoms with Crippen LogP contribution in [0.3, 0.4) is 0 Å². The summed E-state index contributed by atoms with van der Waals surface area (Å²) < 4.78 is 31.7. The summed E-state index contributed by atoms with van der Waals surface area (Å²) in [7, 11) is 0. The zero-order valence-electron chi connectivity index (χ0n) is 8.94. The van der Waals surface area contributed by atoms with Crippen LogP contribution in [0.5, 0.6) is 0 Å². The van der Waals surface area contributed by atoms with Gasteiger partial charge in [-0.15, -0.1) is 0 Å². The number of hydrogen-bond acceptors (Lipinski definition) is 3. The van der Waals surface area contributed by atoms with Crippen molar-refractivity contribution in [3.63, 3.8) is 0 Å². The molecule has 1 heterocycles. The van der Waals surface area contributed by atoms with Crippen LogP contribution in [0.1, 0.15) is 18.0 Å². The van der Waals surface area contributed by atoms with Gasteiger partial charge in [0.15, 0.2) is 0 Å². The standard InChI is InChI=1S/C7H9N3O.C2HF3O2/c8-7(11)5-1-4(5)6-2-9-3-10-6;3-2(4,5)1(6)7/h2-5H,1H2,(H2,8,11)(H,9,10);(H,6,7)/t4-,5-;/m1./s1. The highest BCUT2D eigenvalue weighted by Gasteiger charge is 2.43. The van der Waals surface area contributed by atoms with Crippen molar-refractivity contribution in [1.82, 2.24) is 9.97 Å². The smallest absolute Gasteiger partial charge is 0.475 e. The number of halogens is 3.